The normalized spacial score (nSPS) is 13.0. The van der Waals surface area contributed by atoms with Crippen molar-refractivity contribution in [3.63, 3.8) is 0 Å². The molecule has 0 aliphatic rings. The van der Waals surface area contributed by atoms with Crippen molar-refractivity contribution in [1.29, 1.82) is 5.41 Å². The number of aliphatic hydroxyl groups is 1. The first-order chi connectivity index (χ1) is 19.2. The molecule has 0 bridgehead atoms. The average molecular weight is 540 g/mol. The Balaban J connectivity index is 1.62. The van der Waals surface area contributed by atoms with Crippen LogP contribution in [0.25, 0.3) is 0 Å². The van der Waals surface area contributed by atoms with E-state index in [1.807, 2.05) is 43.3 Å². The largest absolute Gasteiger partial charge is 0.469 e. The summed E-state index contributed by atoms with van der Waals surface area (Å²) in [5, 5.41) is 17.4. The van der Waals surface area contributed by atoms with Gasteiger partial charge in [0.05, 0.1) is 11.7 Å². The summed E-state index contributed by atoms with van der Waals surface area (Å²) in [6.45, 7) is 4.89. The maximum atomic E-state index is 13.1. The molecule has 2 N–H and O–H groups in total. The third kappa shape index (κ3) is 8.21. The highest BCUT2D eigenvalue weighted by Crippen LogP contribution is 2.33. The number of hydrogen-bond donors (Lipinski definition) is 2. The van der Waals surface area contributed by atoms with Crippen molar-refractivity contribution in [2.45, 2.75) is 59.3 Å². The van der Waals surface area contributed by atoms with Gasteiger partial charge in [-0.05, 0) is 61.7 Å². The van der Waals surface area contributed by atoms with Crippen LogP contribution in [-0.4, -0.2) is 34.8 Å². The molecule has 1 aromatic heterocycles. The first-order valence-electron chi connectivity index (χ1n) is 13.7. The molecule has 1 heterocycles. The molecule has 6 heteroatoms. The van der Waals surface area contributed by atoms with Gasteiger partial charge in [0.15, 0.2) is 5.78 Å². The van der Waals surface area contributed by atoms with Crippen LogP contribution in [0.2, 0.25) is 0 Å². The van der Waals surface area contributed by atoms with Crippen molar-refractivity contribution >= 4 is 23.1 Å². The number of Topliss-reactive ketones (excluding diaryl/α,β-unsaturated/α-hetero) is 3. The van der Waals surface area contributed by atoms with Crippen molar-refractivity contribution < 1.29 is 23.9 Å². The average Bonchev–Trinajstić information content (AvgIpc) is 3.45. The van der Waals surface area contributed by atoms with Crippen molar-refractivity contribution in [3.8, 4) is 11.8 Å². The predicted octanol–water partition coefficient (Wildman–Crippen LogP) is 6.02. The molecule has 3 aromatic rings. The van der Waals surface area contributed by atoms with E-state index in [0.29, 0.717) is 30.5 Å². The van der Waals surface area contributed by atoms with Gasteiger partial charge in [0.25, 0.3) is 0 Å². The van der Waals surface area contributed by atoms with Crippen LogP contribution < -0.4 is 0 Å². The van der Waals surface area contributed by atoms with Gasteiger partial charge in [-0.1, -0.05) is 50.0 Å². The number of aliphatic hydroxyl groups excluding tert-OH is 1. The summed E-state index contributed by atoms with van der Waals surface area (Å²) < 4.78 is 5.31. The van der Waals surface area contributed by atoms with Gasteiger partial charge in [-0.15, -0.1) is 0 Å². The van der Waals surface area contributed by atoms with Gasteiger partial charge < -0.3 is 14.9 Å². The summed E-state index contributed by atoms with van der Waals surface area (Å²) in [6, 6.07) is 18.5. The van der Waals surface area contributed by atoms with Crippen molar-refractivity contribution in [2.75, 3.05) is 6.61 Å². The lowest BCUT2D eigenvalue weighted by Crippen LogP contribution is -2.39. The number of nitrogens with one attached hydrogen (secondary N) is 1. The molecule has 6 nitrogen and oxygen atoms in total. The highest BCUT2D eigenvalue weighted by molar-refractivity contribution is 6.07. The van der Waals surface area contributed by atoms with Gasteiger partial charge in [0, 0.05) is 60.6 Å². The van der Waals surface area contributed by atoms with Crippen LogP contribution in [0.15, 0.2) is 71.3 Å². The van der Waals surface area contributed by atoms with E-state index >= 15 is 0 Å². The van der Waals surface area contributed by atoms with E-state index in [-0.39, 0.29) is 43.2 Å². The summed E-state index contributed by atoms with van der Waals surface area (Å²) in [5.74, 6) is 5.85. The molecular weight excluding hydrogens is 502 g/mol. The summed E-state index contributed by atoms with van der Waals surface area (Å²) in [5.41, 5.74) is 2.43. The number of hydrogen-bond acceptors (Lipinski definition) is 6. The maximum Gasteiger partial charge on any atom is 0.165 e. The van der Waals surface area contributed by atoms with Gasteiger partial charge in [-0.3, -0.25) is 14.4 Å². The van der Waals surface area contributed by atoms with Crippen LogP contribution in [0.1, 0.15) is 79.3 Å². The van der Waals surface area contributed by atoms with E-state index in [2.05, 4.69) is 11.8 Å². The number of rotatable bonds is 14. The first-order valence-corrected chi connectivity index (χ1v) is 13.7. The van der Waals surface area contributed by atoms with E-state index in [1.54, 1.807) is 44.4 Å². The quantitative estimate of drug-likeness (QED) is 0.113. The highest BCUT2D eigenvalue weighted by atomic mass is 16.3. The number of ketones is 3. The Morgan fingerprint density at radius 2 is 1.52 bits per heavy atom. The first kappa shape index (κ1) is 30.5. The number of benzene rings is 2. The van der Waals surface area contributed by atoms with E-state index in [9.17, 15) is 19.5 Å². The second-order valence-electron chi connectivity index (χ2n) is 10.4. The molecule has 0 radical (unpaired) electrons. The molecule has 1 unspecified atom stereocenters. The molecule has 2 atom stereocenters. The van der Waals surface area contributed by atoms with Crippen molar-refractivity contribution in [2.24, 2.45) is 11.3 Å². The van der Waals surface area contributed by atoms with Gasteiger partial charge in [0.2, 0.25) is 0 Å². The smallest absolute Gasteiger partial charge is 0.165 e. The second-order valence-corrected chi connectivity index (χ2v) is 10.4. The molecule has 40 heavy (non-hydrogen) atoms. The van der Waals surface area contributed by atoms with E-state index in [4.69, 9.17) is 9.83 Å². The number of furan rings is 1. The minimum absolute atomic E-state index is 0.0988. The summed E-state index contributed by atoms with van der Waals surface area (Å²) in [6.07, 6.45) is 3.55. The predicted molar refractivity (Wildman–Crippen MR) is 156 cm³/mol. The monoisotopic (exact) mass is 539 g/mol. The number of carbonyl (C=O) groups excluding carboxylic acids is 3. The Bertz CT molecular complexity index is 1350. The van der Waals surface area contributed by atoms with Crippen LogP contribution in [-0.2, 0) is 22.4 Å². The molecule has 0 spiro atoms. The Kier molecular flexibility index (Phi) is 10.9. The standard InChI is InChI=1S/C34H37NO5/c1-4-6-31(37)34(3,32(38)18-19-36)23-24(2)33(39)28-16-14-26(15-17-28)9-8-25-10-12-27(13-11-25)21-29(35)22-30-7-5-20-40-30/h5,7,10-17,20,24,35-36H,4,6,18-19,21-23H2,1-3H3/t24?,34-/m0/s1. The van der Waals surface area contributed by atoms with Crippen molar-refractivity contribution in [3.05, 3.63) is 94.9 Å². The molecule has 0 amide bonds. The van der Waals surface area contributed by atoms with Crippen LogP contribution in [0.3, 0.4) is 0 Å². The van der Waals surface area contributed by atoms with E-state index in [1.165, 1.54) is 0 Å². The molecule has 0 saturated heterocycles. The fourth-order valence-corrected chi connectivity index (χ4v) is 4.75. The minimum Gasteiger partial charge on any atom is -0.469 e. The SMILES string of the molecule is CCCC(=O)[C@](C)(CC(C)C(=O)c1ccc(C#Cc2ccc(CC(=N)Cc3ccco3)cc2)cc1)C(=O)CCO. The lowest BCUT2D eigenvalue weighted by molar-refractivity contribution is -0.141. The molecule has 0 aliphatic carbocycles. The third-order valence-electron chi connectivity index (χ3n) is 7.07. The summed E-state index contributed by atoms with van der Waals surface area (Å²) in [7, 11) is 0. The van der Waals surface area contributed by atoms with Crippen LogP contribution in [0, 0.1) is 28.6 Å². The van der Waals surface area contributed by atoms with Crippen LogP contribution in [0.4, 0.5) is 0 Å². The lowest BCUT2D eigenvalue weighted by atomic mass is 9.71. The van der Waals surface area contributed by atoms with E-state index < -0.39 is 11.3 Å². The van der Waals surface area contributed by atoms with Crippen molar-refractivity contribution in [1.82, 2.24) is 0 Å². The fraction of sp³-hybridized carbons (Fsp3) is 0.353. The van der Waals surface area contributed by atoms with Gasteiger partial charge in [0.1, 0.15) is 17.3 Å². The van der Waals surface area contributed by atoms with Crippen LogP contribution >= 0.6 is 0 Å². The molecule has 2 aromatic carbocycles. The Morgan fingerprint density at radius 3 is 2.08 bits per heavy atom. The zero-order valence-electron chi connectivity index (χ0n) is 23.5. The summed E-state index contributed by atoms with van der Waals surface area (Å²) in [4.78, 5) is 38.6. The van der Waals surface area contributed by atoms with E-state index in [0.717, 1.165) is 22.5 Å². The van der Waals surface area contributed by atoms with Gasteiger partial charge in [-0.25, -0.2) is 0 Å². The minimum atomic E-state index is -1.28. The Hall–Kier alpha value is -4.08. The lowest BCUT2D eigenvalue weighted by Gasteiger charge is -2.29. The maximum absolute atomic E-state index is 13.1. The fourth-order valence-electron chi connectivity index (χ4n) is 4.75. The highest BCUT2D eigenvalue weighted by Gasteiger charge is 2.41. The Labute approximate surface area is 236 Å². The number of carbonyl (C=O) groups is 3. The topological polar surface area (TPSA) is 108 Å². The van der Waals surface area contributed by atoms with Crippen LogP contribution in [0.5, 0.6) is 0 Å². The van der Waals surface area contributed by atoms with Gasteiger partial charge in [-0.2, -0.15) is 0 Å². The molecule has 3 rings (SSSR count). The molecule has 0 aliphatic heterocycles. The molecule has 0 saturated carbocycles. The third-order valence-corrected chi connectivity index (χ3v) is 7.07. The zero-order valence-corrected chi connectivity index (χ0v) is 23.5. The zero-order chi connectivity index (χ0) is 29.1. The van der Waals surface area contributed by atoms with Gasteiger partial charge >= 0.3 is 0 Å². The summed E-state index contributed by atoms with van der Waals surface area (Å²) >= 11 is 0. The molecule has 0 fully saturated rings. The molecule has 208 valence electrons. The Morgan fingerprint density at radius 1 is 0.925 bits per heavy atom. The second kappa shape index (κ2) is 14.3. The molecular formula is C34H37NO5.